The standard InChI is InChI=1S/C20H30N4O2S/c1-5-21-19(24-14-20(3,4)16-8-6-13-27-16)23-11-7-10-22-18(25)17-15(2)9-12-26-17/h6,8-9,12-13H,5,7,10-11,14H2,1-4H3,(H,22,25)(H2,21,23,24). The molecule has 0 aliphatic heterocycles. The Bertz CT molecular complexity index is 735. The highest BCUT2D eigenvalue weighted by Gasteiger charge is 2.21. The summed E-state index contributed by atoms with van der Waals surface area (Å²) >= 11 is 1.76. The monoisotopic (exact) mass is 390 g/mol. The molecule has 0 unspecified atom stereocenters. The molecule has 0 bridgehead atoms. The summed E-state index contributed by atoms with van der Waals surface area (Å²) in [6.07, 6.45) is 2.33. The number of amides is 1. The predicted octanol–water partition coefficient (Wildman–Crippen LogP) is 3.30. The molecule has 2 aromatic rings. The zero-order chi connectivity index (χ0) is 19.7. The van der Waals surface area contributed by atoms with Gasteiger partial charge in [-0.25, -0.2) is 0 Å². The molecule has 0 fully saturated rings. The highest BCUT2D eigenvalue weighted by Crippen LogP contribution is 2.27. The molecule has 0 aliphatic carbocycles. The van der Waals surface area contributed by atoms with Gasteiger partial charge in [-0.1, -0.05) is 19.9 Å². The molecule has 7 heteroatoms. The van der Waals surface area contributed by atoms with Crippen molar-refractivity contribution in [1.29, 1.82) is 0 Å². The first kappa shape index (κ1) is 21.0. The molecule has 2 rings (SSSR count). The van der Waals surface area contributed by atoms with Gasteiger partial charge in [0, 0.05) is 35.5 Å². The number of rotatable bonds is 9. The molecule has 0 aliphatic rings. The lowest BCUT2D eigenvalue weighted by atomic mass is 9.92. The molecule has 0 saturated carbocycles. The molecular weight excluding hydrogens is 360 g/mol. The smallest absolute Gasteiger partial charge is 0.287 e. The van der Waals surface area contributed by atoms with Crippen molar-refractivity contribution in [1.82, 2.24) is 16.0 Å². The first-order chi connectivity index (χ1) is 12.9. The van der Waals surface area contributed by atoms with E-state index in [4.69, 9.17) is 9.41 Å². The average Bonchev–Trinajstić information content (AvgIpc) is 3.31. The number of aryl methyl sites for hydroxylation is 1. The van der Waals surface area contributed by atoms with Crippen molar-refractivity contribution < 1.29 is 9.21 Å². The Hall–Kier alpha value is -2.28. The molecule has 1 amide bonds. The Morgan fingerprint density at radius 1 is 1.22 bits per heavy atom. The molecule has 2 aromatic heterocycles. The van der Waals surface area contributed by atoms with E-state index in [0.29, 0.717) is 18.8 Å². The second kappa shape index (κ2) is 10.2. The fourth-order valence-corrected chi connectivity index (χ4v) is 3.39. The van der Waals surface area contributed by atoms with Crippen LogP contribution in [-0.4, -0.2) is 38.0 Å². The summed E-state index contributed by atoms with van der Waals surface area (Å²) in [6.45, 7) is 11.1. The number of aliphatic imine (C=N–C) groups is 1. The van der Waals surface area contributed by atoms with Gasteiger partial charge in [-0.05, 0) is 37.8 Å². The minimum Gasteiger partial charge on any atom is -0.459 e. The lowest BCUT2D eigenvalue weighted by Crippen LogP contribution is -2.39. The van der Waals surface area contributed by atoms with Crippen molar-refractivity contribution >= 4 is 23.2 Å². The van der Waals surface area contributed by atoms with Crippen LogP contribution in [0.3, 0.4) is 0 Å². The summed E-state index contributed by atoms with van der Waals surface area (Å²) < 4.78 is 5.19. The summed E-state index contributed by atoms with van der Waals surface area (Å²) in [7, 11) is 0. The zero-order valence-electron chi connectivity index (χ0n) is 16.6. The molecule has 0 aromatic carbocycles. The van der Waals surface area contributed by atoms with E-state index in [1.165, 1.54) is 11.1 Å². The number of furan rings is 1. The van der Waals surface area contributed by atoms with Crippen LogP contribution in [0.2, 0.25) is 0 Å². The molecule has 27 heavy (non-hydrogen) atoms. The maximum Gasteiger partial charge on any atom is 0.287 e. The Labute approximate surface area is 165 Å². The molecule has 148 valence electrons. The fourth-order valence-electron chi connectivity index (χ4n) is 2.54. The van der Waals surface area contributed by atoms with E-state index in [1.807, 2.05) is 13.8 Å². The van der Waals surface area contributed by atoms with Crippen LogP contribution in [0.5, 0.6) is 0 Å². The largest absolute Gasteiger partial charge is 0.459 e. The van der Waals surface area contributed by atoms with Gasteiger partial charge in [0.25, 0.3) is 5.91 Å². The fraction of sp³-hybridized carbons (Fsp3) is 0.500. The number of thiophene rings is 1. The van der Waals surface area contributed by atoms with E-state index in [1.54, 1.807) is 17.4 Å². The molecular formula is C20H30N4O2S. The first-order valence-corrected chi connectivity index (χ1v) is 10.2. The lowest BCUT2D eigenvalue weighted by molar-refractivity contribution is 0.0925. The van der Waals surface area contributed by atoms with Gasteiger partial charge in [0.1, 0.15) is 0 Å². The highest BCUT2D eigenvalue weighted by molar-refractivity contribution is 7.10. The van der Waals surface area contributed by atoms with Gasteiger partial charge < -0.3 is 20.4 Å². The third-order valence-corrected chi connectivity index (χ3v) is 5.40. The van der Waals surface area contributed by atoms with Crippen LogP contribution in [0.4, 0.5) is 0 Å². The van der Waals surface area contributed by atoms with Crippen LogP contribution < -0.4 is 16.0 Å². The number of guanidine groups is 1. The molecule has 0 spiro atoms. The minimum atomic E-state index is -0.171. The van der Waals surface area contributed by atoms with Gasteiger partial charge in [-0.15, -0.1) is 11.3 Å². The zero-order valence-corrected chi connectivity index (χ0v) is 17.4. The predicted molar refractivity (Wildman–Crippen MR) is 112 cm³/mol. The van der Waals surface area contributed by atoms with Crippen molar-refractivity contribution in [2.24, 2.45) is 4.99 Å². The van der Waals surface area contributed by atoms with Crippen LogP contribution in [-0.2, 0) is 5.41 Å². The summed E-state index contributed by atoms with van der Waals surface area (Å²) in [6, 6.07) is 6.02. The van der Waals surface area contributed by atoms with Gasteiger partial charge in [-0.3, -0.25) is 9.79 Å². The minimum absolute atomic E-state index is 0.00535. The summed E-state index contributed by atoms with van der Waals surface area (Å²) in [5.41, 5.74) is 0.853. The maximum absolute atomic E-state index is 12.0. The Morgan fingerprint density at radius 3 is 2.63 bits per heavy atom. The molecule has 0 saturated heterocycles. The van der Waals surface area contributed by atoms with Gasteiger partial charge in [0.15, 0.2) is 11.7 Å². The number of hydrogen-bond acceptors (Lipinski definition) is 4. The molecule has 0 radical (unpaired) electrons. The van der Waals surface area contributed by atoms with Gasteiger partial charge in [0.2, 0.25) is 0 Å². The molecule has 0 atom stereocenters. The number of carbonyl (C=O) groups excluding carboxylic acids is 1. The van der Waals surface area contributed by atoms with Crippen molar-refractivity contribution in [2.75, 3.05) is 26.2 Å². The lowest BCUT2D eigenvalue weighted by Gasteiger charge is -2.21. The Kier molecular flexibility index (Phi) is 7.91. The molecule has 2 heterocycles. The molecule has 6 nitrogen and oxygen atoms in total. The highest BCUT2D eigenvalue weighted by atomic mass is 32.1. The Morgan fingerprint density at radius 2 is 2.00 bits per heavy atom. The van der Waals surface area contributed by atoms with Crippen LogP contribution in [0.15, 0.2) is 39.3 Å². The van der Waals surface area contributed by atoms with Crippen molar-refractivity contribution in [3.8, 4) is 0 Å². The quantitative estimate of drug-likeness (QED) is 0.349. The van der Waals surface area contributed by atoms with Gasteiger partial charge in [-0.2, -0.15) is 0 Å². The SMILES string of the molecule is CCNC(=NCC(C)(C)c1cccs1)NCCCNC(=O)c1occc1C. The number of hydrogen-bond donors (Lipinski definition) is 3. The van der Waals surface area contributed by atoms with E-state index in [2.05, 4.69) is 47.3 Å². The van der Waals surface area contributed by atoms with Crippen LogP contribution >= 0.6 is 11.3 Å². The second-order valence-corrected chi connectivity index (χ2v) is 7.97. The van der Waals surface area contributed by atoms with Gasteiger partial charge >= 0.3 is 0 Å². The number of nitrogens with zero attached hydrogens (tertiary/aromatic N) is 1. The van der Waals surface area contributed by atoms with E-state index in [-0.39, 0.29) is 11.3 Å². The van der Waals surface area contributed by atoms with Crippen LogP contribution in [0.1, 0.15) is 48.2 Å². The number of nitrogens with one attached hydrogen (secondary N) is 3. The summed E-state index contributed by atoms with van der Waals surface area (Å²) in [4.78, 5) is 18.0. The summed E-state index contributed by atoms with van der Waals surface area (Å²) in [5.74, 6) is 1.01. The van der Waals surface area contributed by atoms with Crippen molar-refractivity contribution in [3.63, 3.8) is 0 Å². The van der Waals surface area contributed by atoms with Crippen LogP contribution in [0, 0.1) is 6.92 Å². The first-order valence-electron chi connectivity index (χ1n) is 9.32. The van der Waals surface area contributed by atoms with Gasteiger partial charge in [0.05, 0.1) is 12.8 Å². The second-order valence-electron chi connectivity index (χ2n) is 7.03. The normalized spacial score (nSPS) is 12.1. The third-order valence-electron chi connectivity index (χ3n) is 4.16. The van der Waals surface area contributed by atoms with Crippen molar-refractivity contribution in [2.45, 2.75) is 39.5 Å². The van der Waals surface area contributed by atoms with E-state index >= 15 is 0 Å². The average molecular weight is 391 g/mol. The maximum atomic E-state index is 12.0. The van der Waals surface area contributed by atoms with Crippen molar-refractivity contribution in [3.05, 3.63) is 46.0 Å². The summed E-state index contributed by atoms with van der Waals surface area (Å²) in [5, 5.41) is 11.6. The Balaban J connectivity index is 1.75. The van der Waals surface area contributed by atoms with Crippen LogP contribution in [0.25, 0.3) is 0 Å². The third kappa shape index (κ3) is 6.43. The topological polar surface area (TPSA) is 78.7 Å². The number of carbonyl (C=O) groups is 1. The van der Waals surface area contributed by atoms with E-state index in [9.17, 15) is 4.79 Å². The molecule has 3 N–H and O–H groups in total. The van der Waals surface area contributed by atoms with E-state index < -0.39 is 0 Å². The van der Waals surface area contributed by atoms with E-state index in [0.717, 1.165) is 31.0 Å².